The maximum Gasteiger partial charge on any atom is 0.252 e. The van der Waals surface area contributed by atoms with E-state index in [1.54, 1.807) is 11.8 Å². The van der Waals surface area contributed by atoms with Gasteiger partial charge < -0.3 is 10.1 Å². The summed E-state index contributed by atoms with van der Waals surface area (Å²) in [6.45, 7) is 2.77. The van der Waals surface area contributed by atoms with Gasteiger partial charge in [0.2, 0.25) is 0 Å². The summed E-state index contributed by atoms with van der Waals surface area (Å²) in [5.74, 6) is 4.07. The maximum absolute atomic E-state index is 12.9. The van der Waals surface area contributed by atoms with Crippen LogP contribution in [0.2, 0.25) is 0 Å². The van der Waals surface area contributed by atoms with Gasteiger partial charge in [0.05, 0.1) is 11.2 Å². The first-order valence-electron chi connectivity index (χ1n) is 9.71. The quantitative estimate of drug-likeness (QED) is 0.767. The molecule has 0 radical (unpaired) electrons. The third-order valence-corrected chi connectivity index (χ3v) is 7.81. The Labute approximate surface area is 155 Å². The van der Waals surface area contributed by atoms with E-state index in [1.807, 2.05) is 31.4 Å². The molecule has 4 heteroatoms. The van der Waals surface area contributed by atoms with Crippen molar-refractivity contribution in [2.24, 2.45) is 23.7 Å². The predicted molar refractivity (Wildman–Crippen MR) is 102 cm³/mol. The lowest BCUT2D eigenvalue weighted by atomic mass is 9.49. The van der Waals surface area contributed by atoms with Gasteiger partial charge in [0.15, 0.2) is 0 Å². The maximum atomic E-state index is 12.9. The van der Waals surface area contributed by atoms with Crippen molar-refractivity contribution in [3.8, 4) is 0 Å². The van der Waals surface area contributed by atoms with Gasteiger partial charge in [-0.05, 0) is 73.7 Å². The zero-order valence-electron chi connectivity index (χ0n) is 15.3. The number of carbonyl (C=O) groups is 1. The second kappa shape index (κ2) is 6.96. The number of hydrogen-bond acceptors (Lipinski definition) is 3. The van der Waals surface area contributed by atoms with Gasteiger partial charge in [-0.25, -0.2) is 0 Å². The standard InChI is InChI=1S/C21H29NO2S/c1-3-25-19-7-5-4-6-18(19)20(23)22-13-21(24-2)16-9-14-8-15(11-16)12-17(21)10-14/h4-7,14-17H,3,8-13H2,1-2H3,(H,22,23). The van der Waals surface area contributed by atoms with Crippen LogP contribution in [0.1, 0.15) is 49.4 Å². The van der Waals surface area contributed by atoms with E-state index in [0.717, 1.165) is 28.0 Å². The van der Waals surface area contributed by atoms with Crippen LogP contribution in [0.15, 0.2) is 29.2 Å². The summed E-state index contributed by atoms with van der Waals surface area (Å²) in [6, 6.07) is 7.93. The van der Waals surface area contributed by atoms with Gasteiger partial charge in [0.1, 0.15) is 0 Å². The van der Waals surface area contributed by atoms with Crippen LogP contribution in [-0.2, 0) is 4.74 Å². The van der Waals surface area contributed by atoms with Gasteiger partial charge in [-0.15, -0.1) is 11.8 Å². The van der Waals surface area contributed by atoms with Crippen LogP contribution in [-0.4, -0.2) is 30.9 Å². The van der Waals surface area contributed by atoms with Crippen molar-refractivity contribution in [3.63, 3.8) is 0 Å². The van der Waals surface area contributed by atoms with Crippen molar-refractivity contribution in [1.29, 1.82) is 0 Å². The molecule has 3 nitrogen and oxygen atoms in total. The first-order chi connectivity index (χ1) is 12.2. The summed E-state index contributed by atoms with van der Waals surface area (Å²) >= 11 is 1.73. The zero-order chi connectivity index (χ0) is 17.4. The van der Waals surface area contributed by atoms with Crippen LogP contribution in [0.3, 0.4) is 0 Å². The molecule has 25 heavy (non-hydrogen) atoms. The molecule has 0 aliphatic heterocycles. The predicted octanol–water partition coefficient (Wildman–Crippen LogP) is 4.37. The molecular formula is C21H29NO2S. The number of rotatable bonds is 6. The van der Waals surface area contributed by atoms with E-state index in [4.69, 9.17) is 4.74 Å². The van der Waals surface area contributed by atoms with E-state index in [1.165, 1.54) is 32.1 Å². The van der Waals surface area contributed by atoms with Crippen LogP contribution in [0.4, 0.5) is 0 Å². The molecule has 1 aromatic carbocycles. The van der Waals surface area contributed by atoms with Crippen LogP contribution >= 0.6 is 11.8 Å². The SMILES string of the molecule is CCSc1ccccc1C(=O)NCC1(OC)C2CC3CC(C2)CC1C3. The molecule has 4 aliphatic carbocycles. The minimum atomic E-state index is -0.143. The van der Waals surface area contributed by atoms with Crippen molar-refractivity contribution in [1.82, 2.24) is 5.32 Å². The highest BCUT2D eigenvalue weighted by atomic mass is 32.2. The van der Waals surface area contributed by atoms with Gasteiger partial charge in [-0.2, -0.15) is 0 Å². The molecule has 4 bridgehead atoms. The van der Waals surface area contributed by atoms with E-state index in [2.05, 4.69) is 12.2 Å². The smallest absolute Gasteiger partial charge is 0.252 e. The first kappa shape index (κ1) is 17.4. The van der Waals surface area contributed by atoms with Crippen LogP contribution < -0.4 is 5.32 Å². The highest BCUT2D eigenvalue weighted by Gasteiger charge is 2.57. The number of hydrogen-bond donors (Lipinski definition) is 1. The summed E-state index contributed by atoms with van der Waals surface area (Å²) in [6.07, 6.45) is 6.59. The highest BCUT2D eigenvalue weighted by Crippen LogP contribution is 2.59. The molecular weight excluding hydrogens is 330 g/mol. The molecule has 4 fully saturated rings. The number of thioether (sulfide) groups is 1. The Bertz CT molecular complexity index is 617. The number of ether oxygens (including phenoxy) is 1. The number of amides is 1. The van der Waals surface area contributed by atoms with Crippen molar-refractivity contribution in [2.45, 2.75) is 49.5 Å². The molecule has 1 N–H and O–H groups in total. The van der Waals surface area contributed by atoms with Crippen molar-refractivity contribution in [3.05, 3.63) is 29.8 Å². The number of benzene rings is 1. The van der Waals surface area contributed by atoms with Crippen LogP contribution in [0, 0.1) is 23.7 Å². The van der Waals surface area contributed by atoms with E-state index in [9.17, 15) is 4.79 Å². The molecule has 136 valence electrons. The lowest BCUT2D eigenvalue weighted by Gasteiger charge is -2.60. The number of carbonyl (C=O) groups excluding carboxylic acids is 1. The monoisotopic (exact) mass is 359 g/mol. The Hall–Kier alpha value is -1.00. The minimum absolute atomic E-state index is 0.0433. The van der Waals surface area contributed by atoms with Gasteiger partial charge in [0.25, 0.3) is 5.91 Å². The largest absolute Gasteiger partial charge is 0.376 e. The molecule has 0 unspecified atom stereocenters. The molecule has 0 heterocycles. The fraction of sp³-hybridized carbons (Fsp3) is 0.667. The highest BCUT2D eigenvalue weighted by molar-refractivity contribution is 7.99. The Morgan fingerprint density at radius 3 is 2.40 bits per heavy atom. The minimum Gasteiger partial charge on any atom is -0.376 e. The molecule has 0 aromatic heterocycles. The summed E-state index contributed by atoms with van der Waals surface area (Å²) in [5.41, 5.74) is 0.653. The summed E-state index contributed by atoms with van der Waals surface area (Å²) in [7, 11) is 1.86. The van der Waals surface area contributed by atoms with Gasteiger partial charge >= 0.3 is 0 Å². The molecule has 1 aromatic rings. The normalized spacial score (nSPS) is 35.8. The lowest BCUT2D eigenvalue weighted by Crippen LogP contribution is -2.63. The number of methoxy groups -OCH3 is 1. The molecule has 5 rings (SSSR count). The Morgan fingerprint density at radius 1 is 1.16 bits per heavy atom. The van der Waals surface area contributed by atoms with E-state index >= 15 is 0 Å². The number of nitrogens with one attached hydrogen (secondary N) is 1. The summed E-state index contributed by atoms with van der Waals surface area (Å²) in [4.78, 5) is 13.9. The second-order valence-corrected chi connectivity index (χ2v) is 9.38. The van der Waals surface area contributed by atoms with Gasteiger partial charge in [-0.1, -0.05) is 19.1 Å². The fourth-order valence-corrected chi connectivity index (χ4v) is 6.73. The van der Waals surface area contributed by atoms with Crippen LogP contribution in [0.5, 0.6) is 0 Å². The second-order valence-electron chi connectivity index (χ2n) is 8.08. The molecule has 4 aliphatic rings. The third-order valence-electron chi connectivity index (χ3n) is 6.86. The van der Waals surface area contributed by atoms with Gasteiger partial charge in [0, 0.05) is 18.6 Å². The first-order valence-corrected chi connectivity index (χ1v) is 10.7. The topological polar surface area (TPSA) is 38.3 Å². The summed E-state index contributed by atoms with van der Waals surface area (Å²) < 4.78 is 6.16. The van der Waals surface area contributed by atoms with Gasteiger partial charge in [-0.3, -0.25) is 4.79 Å². The van der Waals surface area contributed by atoms with E-state index in [0.29, 0.717) is 18.4 Å². The molecule has 0 spiro atoms. The summed E-state index contributed by atoms with van der Waals surface area (Å²) in [5, 5.41) is 3.24. The van der Waals surface area contributed by atoms with Crippen molar-refractivity contribution >= 4 is 17.7 Å². The zero-order valence-corrected chi connectivity index (χ0v) is 16.1. The Balaban J connectivity index is 1.49. The van der Waals surface area contributed by atoms with Crippen LogP contribution in [0.25, 0.3) is 0 Å². The van der Waals surface area contributed by atoms with E-state index in [-0.39, 0.29) is 11.5 Å². The molecule has 0 atom stereocenters. The molecule has 4 saturated carbocycles. The third kappa shape index (κ3) is 3.02. The van der Waals surface area contributed by atoms with Crippen molar-refractivity contribution < 1.29 is 9.53 Å². The molecule has 0 saturated heterocycles. The van der Waals surface area contributed by atoms with Crippen molar-refractivity contribution in [2.75, 3.05) is 19.4 Å². The fourth-order valence-electron chi connectivity index (χ4n) is 5.93. The molecule has 1 amide bonds. The average molecular weight is 360 g/mol. The Morgan fingerprint density at radius 2 is 1.80 bits per heavy atom. The van der Waals surface area contributed by atoms with E-state index < -0.39 is 0 Å². The Kier molecular flexibility index (Phi) is 4.85. The average Bonchev–Trinajstić information content (AvgIpc) is 2.62. The lowest BCUT2D eigenvalue weighted by molar-refractivity contribution is -0.186.